The first kappa shape index (κ1) is 7.56. The van der Waals surface area contributed by atoms with Gasteiger partial charge in [0, 0.05) is 0 Å². The second kappa shape index (κ2) is 3.03. The molecule has 11 heavy (non-hydrogen) atoms. The molecule has 0 aromatic heterocycles. The zero-order chi connectivity index (χ0) is 8.27. The van der Waals surface area contributed by atoms with Gasteiger partial charge in [0.15, 0.2) is 0 Å². The van der Waals surface area contributed by atoms with Crippen LogP contribution in [0, 0.1) is 18.3 Å². The minimum absolute atomic E-state index is 0.724. The highest BCUT2D eigenvalue weighted by atomic mass is 14.2. The number of rotatable bonds is 1. The van der Waals surface area contributed by atoms with Gasteiger partial charge in [0.2, 0.25) is 0 Å². The van der Waals surface area contributed by atoms with Gasteiger partial charge < -0.3 is 0 Å². The molecule has 1 aromatic rings. The molecule has 0 unspecified atom stereocenters. The van der Waals surface area contributed by atoms with Crippen molar-refractivity contribution in [1.82, 2.24) is 0 Å². The first-order valence-electron chi connectivity index (χ1n) is 3.41. The molecule has 0 aliphatic carbocycles. The Bertz CT molecular complexity index is 318. The van der Waals surface area contributed by atoms with Gasteiger partial charge in [-0.3, -0.25) is 0 Å². The highest BCUT2D eigenvalue weighted by molar-refractivity contribution is 5.56. The van der Waals surface area contributed by atoms with Gasteiger partial charge in [-0.05, 0) is 24.1 Å². The minimum atomic E-state index is 0.724. The zero-order valence-corrected chi connectivity index (χ0v) is 6.46. The van der Waals surface area contributed by atoms with Gasteiger partial charge in [-0.1, -0.05) is 24.8 Å². The molecule has 0 N–H and O–H groups in total. The summed E-state index contributed by atoms with van der Waals surface area (Å²) < 4.78 is 0. The molecule has 0 spiro atoms. The van der Waals surface area contributed by atoms with E-state index in [2.05, 4.69) is 12.6 Å². The maximum absolute atomic E-state index is 8.65. The summed E-state index contributed by atoms with van der Waals surface area (Å²) >= 11 is 0. The summed E-state index contributed by atoms with van der Waals surface area (Å²) in [5, 5.41) is 8.65. The van der Waals surface area contributed by atoms with Crippen LogP contribution in [0.15, 0.2) is 24.8 Å². The van der Waals surface area contributed by atoms with E-state index in [0.717, 1.165) is 16.7 Å². The van der Waals surface area contributed by atoms with Crippen molar-refractivity contribution >= 4 is 6.08 Å². The van der Waals surface area contributed by atoms with E-state index in [9.17, 15) is 0 Å². The minimum Gasteiger partial charge on any atom is -0.192 e. The Labute approximate surface area is 66.6 Å². The molecule has 1 heteroatoms. The Morgan fingerprint density at radius 3 is 2.82 bits per heavy atom. The first-order valence-corrected chi connectivity index (χ1v) is 3.41. The van der Waals surface area contributed by atoms with Gasteiger partial charge >= 0.3 is 0 Å². The van der Waals surface area contributed by atoms with Crippen molar-refractivity contribution in [2.75, 3.05) is 0 Å². The Morgan fingerprint density at radius 1 is 1.55 bits per heavy atom. The SMILES string of the molecule is C=Cc1cccc(C#N)c1C. The van der Waals surface area contributed by atoms with Crippen LogP contribution in [0.5, 0.6) is 0 Å². The fourth-order valence-corrected chi connectivity index (χ4v) is 0.996. The molecule has 0 heterocycles. The number of nitrogens with zero attached hydrogens (tertiary/aromatic N) is 1. The molecular weight excluding hydrogens is 134 g/mol. The second-order valence-electron chi connectivity index (χ2n) is 2.34. The quantitative estimate of drug-likeness (QED) is 0.592. The van der Waals surface area contributed by atoms with Crippen molar-refractivity contribution in [3.8, 4) is 6.07 Å². The highest BCUT2D eigenvalue weighted by Crippen LogP contribution is 2.13. The van der Waals surface area contributed by atoms with E-state index in [1.165, 1.54) is 0 Å². The maximum atomic E-state index is 8.65. The lowest BCUT2D eigenvalue weighted by Gasteiger charge is -1.99. The fourth-order valence-electron chi connectivity index (χ4n) is 0.996. The van der Waals surface area contributed by atoms with Crippen molar-refractivity contribution in [1.29, 1.82) is 5.26 Å². The molecule has 1 nitrogen and oxygen atoms in total. The van der Waals surface area contributed by atoms with Crippen molar-refractivity contribution in [3.63, 3.8) is 0 Å². The number of benzene rings is 1. The van der Waals surface area contributed by atoms with Gasteiger partial charge in [-0.15, -0.1) is 0 Å². The predicted octanol–water partition coefficient (Wildman–Crippen LogP) is 2.51. The van der Waals surface area contributed by atoms with Crippen molar-refractivity contribution in [3.05, 3.63) is 41.5 Å². The van der Waals surface area contributed by atoms with E-state index in [1.807, 2.05) is 25.1 Å². The first-order chi connectivity index (χ1) is 5.29. The third-order valence-corrected chi connectivity index (χ3v) is 1.72. The average Bonchev–Trinajstić information content (AvgIpc) is 2.05. The van der Waals surface area contributed by atoms with Crippen LogP contribution in [0.2, 0.25) is 0 Å². The van der Waals surface area contributed by atoms with Crippen LogP contribution < -0.4 is 0 Å². The summed E-state index contributed by atoms with van der Waals surface area (Å²) in [5.74, 6) is 0. The van der Waals surface area contributed by atoms with Crippen LogP contribution in [-0.4, -0.2) is 0 Å². The summed E-state index contributed by atoms with van der Waals surface area (Å²) in [6, 6.07) is 7.74. The summed E-state index contributed by atoms with van der Waals surface area (Å²) in [4.78, 5) is 0. The molecule has 0 aliphatic rings. The molecule has 0 aliphatic heterocycles. The van der Waals surface area contributed by atoms with Gasteiger partial charge in [-0.2, -0.15) is 5.26 Å². The number of hydrogen-bond acceptors (Lipinski definition) is 1. The molecule has 0 fully saturated rings. The molecule has 0 radical (unpaired) electrons. The number of hydrogen-bond donors (Lipinski definition) is 0. The molecule has 0 atom stereocenters. The Morgan fingerprint density at radius 2 is 2.27 bits per heavy atom. The maximum Gasteiger partial charge on any atom is 0.0994 e. The third-order valence-electron chi connectivity index (χ3n) is 1.72. The fraction of sp³-hybridized carbons (Fsp3) is 0.100. The zero-order valence-electron chi connectivity index (χ0n) is 6.46. The number of nitriles is 1. The Hall–Kier alpha value is -1.55. The van der Waals surface area contributed by atoms with Crippen LogP contribution in [-0.2, 0) is 0 Å². The Kier molecular flexibility index (Phi) is 2.08. The molecule has 0 saturated heterocycles. The third kappa shape index (κ3) is 1.30. The lowest BCUT2D eigenvalue weighted by atomic mass is 10.0. The second-order valence-corrected chi connectivity index (χ2v) is 2.34. The van der Waals surface area contributed by atoms with Crippen molar-refractivity contribution < 1.29 is 0 Å². The van der Waals surface area contributed by atoms with E-state index < -0.39 is 0 Å². The molecule has 0 saturated carbocycles. The van der Waals surface area contributed by atoms with Crippen molar-refractivity contribution in [2.24, 2.45) is 0 Å². The molecule has 0 amide bonds. The van der Waals surface area contributed by atoms with E-state index >= 15 is 0 Å². The van der Waals surface area contributed by atoms with Crippen LogP contribution >= 0.6 is 0 Å². The topological polar surface area (TPSA) is 23.8 Å². The van der Waals surface area contributed by atoms with Crippen LogP contribution in [0.3, 0.4) is 0 Å². The van der Waals surface area contributed by atoms with Gasteiger partial charge in [0.1, 0.15) is 0 Å². The van der Waals surface area contributed by atoms with Gasteiger partial charge in [0.25, 0.3) is 0 Å². The lowest BCUT2D eigenvalue weighted by Crippen LogP contribution is -1.84. The summed E-state index contributed by atoms with van der Waals surface area (Å²) in [7, 11) is 0. The van der Waals surface area contributed by atoms with Crippen LogP contribution in [0.25, 0.3) is 6.08 Å². The van der Waals surface area contributed by atoms with Crippen LogP contribution in [0.4, 0.5) is 0 Å². The predicted molar refractivity (Wildman–Crippen MR) is 46.0 cm³/mol. The van der Waals surface area contributed by atoms with Gasteiger partial charge in [-0.25, -0.2) is 0 Å². The molecular formula is C10H9N. The molecule has 54 valence electrons. The standard InChI is InChI=1S/C10H9N/c1-3-9-5-4-6-10(7-11)8(9)2/h3-6H,1H2,2H3. The van der Waals surface area contributed by atoms with Gasteiger partial charge in [0.05, 0.1) is 11.6 Å². The summed E-state index contributed by atoms with van der Waals surface area (Å²) in [5.41, 5.74) is 2.76. The van der Waals surface area contributed by atoms with E-state index in [-0.39, 0.29) is 0 Å². The average molecular weight is 143 g/mol. The van der Waals surface area contributed by atoms with E-state index in [1.54, 1.807) is 6.08 Å². The monoisotopic (exact) mass is 143 g/mol. The van der Waals surface area contributed by atoms with Crippen LogP contribution in [0.1, 0.15) is 16.7 Å². The molecule has 1 aromatic carbocycles. The molecule has 0 bridgehead atoms. The normalized spacial score (nSPS) is 8.73. The van der Waals surface area contributed by atoms with Crippen molar-refractivity contribution in [2.45, 2.75) is 6.92 Å². The molecule has 1 rings (SSSR count). The summed E-state index contributed by atoms with van der Waals surface area (Å²) in [6.07, 6.45) is 1.76. The largest absolute Gasteiger partial charge is 0.192 e. The van der Waals surface area contributed by atoms with E-state index in [4.69, 9.17) is 5.26 Å². The lowest BCUT2D eigenvalue weighted by molar-refractivity contribution is 1.38. The van der Waals surface area contributed by atoms with E-state index in [0.29, 0.717) is 0 Å². The highest BCUT2D eigenvalue weighted by Gasteiger charge is 1.98. The summed E-state index contributed by atoms with van der Waals surface area (Å²) in [6.45, 7) is 5.58. The smallest absolute Gasteiger partial charge is 0.0994 e. The Balaban J connectivity index is 3.34.